The molecule has 0 spiro atoms. The smallest absolute Gasteiger partial charge is 0.256 e. The van der Waals surface area contributed by atoms with Crippen molar-refractivity contribution >= 4 is 11.8 Å². The molecule has 1 aliphatic rings. The van der Waals surface area contributed by atoms with Crippen molar-refractivity contribution in [3.8, 4) is 0 Å². The lowest BCUT2D eigenvalue weighted by Gasteiger charge is -2.33. The van der Waals surface area contributed by atoms with Crippen LogP contribution in [0.2, 0.25) is 0 Å². The number of fused-ring (bicyclic) bond motifs is 1. The van der Waals surface area contributed by atoms with Crippen LogP contribution in [0.3, 0.4) is 0 Å². The van der Waals surface area contributed by atoms with Gasteiger partial charge in [-0.1, -0.05) is 6.07 Å². The molecule has 4 rings (SSSR count). The van der Waals surface area contributed by atoms with Crippen LogP contribution in [0.25, 0.3) is 0 Å². The van der Waals surface area contributed by atoms with Crippen LogP contribution in [-0.4, -0.2) is 42.8 Å². The molecule has 8 nitrogen and oxygen atoms in total. The number of imidazole rings is 1. The van der Waals surface area contributed by atoms with E-state index in [1.165, 1.54) is 0 Å². The number of aromatic nitrogens is 4. The molecule has 0 fully saturated rings. The van der Waals surface area contributed by atoms with Crippen molar-refractivity contribution in [2.45, 2.75) is 39.4 Å². The summed E-state index contributed by atoms with van der Waals surface area (Å²) in [5, 5.41) is 2.89. The van der Waals surface area contributed by atoms with Crippen LogP contribution in [0.5, 0.6) is 0 Å². The molecule has 0 saturated carbocycles. The maximum absolute atomic E-state index is 13.0. The Kier molecular flexibility index (Phi) is 5.56. The van der Waals surface area contributed by atoms with Crippen molar-refractivity contribution in [1.29, 1.82) is 0 Å². The minimum Gasteiger partial charge on any atom is -0.352 e. The number of rotatable bonds is 5. The van der Waals surface area contributed by atoms with Gasteiger partial charge in [0, 0.05) is 50.6 Å². The Morgan fingerprint density at radius 3 is 2.83 bits per heavy atom. The number of carbonyl (C=O) groups excluding carboxylic acids is 2. The quantitative estimate of drug-likeness (QED) is 0.703. The number of carbonyl (C=O) groups is 2. The minimum absolute atomic E-state index is 0.0521. The third-order valence-corrected chi connectivity index (χ3v) is 5.22. The van der Waals surface area contributed by atoms with Crippen LogP contribution < -0.4 is 5.32 Å². The fourth-order valence-electron chi connectivity index (χ4n) is 3.68. The number of nitrogens with zero attached hydrogens (tertiary/aromatic N) is 5. The Hall–Kier alpha value is -3.55. The van der Waals surface area contributed by atoms with E-state index in [1.807, 2.05) is 47.7 Å². The third kappa shape index (κ3) is 4.22. The van der Waals surface area contributed by atoms with Crippen molar-refractivity contribution in [2.75, 3.05) is 6.54 Å². The third-order valence-electron chi connectivity index (χ3n) is 5.22. The Morgan fingerprint density at radius 1 is 1.20 bits per heavy atom. The van der Waals surface area contributed by atoms with Crippen LogP contribution >= 0.6 is 0 Å². The first-order chi connectivity index (χ1) is 14.5. The SMILES string of the molecule is Cc1cncc(C(=O)N2CCn3cc(CC(=O)NCc4cccnc4)nc3[C@H]2C)c1. The number of pyridine rings is 2. The van der Waals surface area contributed by atoms with Gasteiger partial charge in [-0.25, -0.2) is 4.98 Å². The first-order valence-electron chi connectivity index (χ1n) is 9.95. The summed E-state index contributed by atoms with van der Waals surface area (Å²) in [6.07, 6.45) is 8.86. The molecule has 0 aliphatic carbocycles. The van der Waals surface area contributed by atoms with E-state index in [4.69, 9.17) is 0 Å². The van der Waals surface area contributed by atoms with Crippen molar-refractivity contribution in [1.82, 2.24) is 29.7 Å². The molecule has 1 aliphatic heterocycles. The average Bonchev–Trinajstić information content (AvgIpc) is 3.16. The molecule has 0 aromatic carbocycles. The molecule has 2 amide bonds. The largest absolute Gasteiger partial charge is 0.352 e. The molecular weight excluding hydrogens is 380 g/mol. The van der Waals surface area contributed by atoms with E-state index in [2.05, 4.69) is 20.3 Å². The van der Waals surface area contributed by atoms with E-state index >= 15 is 0 Å². The van der Waals surface area contributed by atoms with E-state index < -0.39 is 0 Å². The highest BCUT2D eigenvalue weighted by Crippen LogP contribution is 2.26. The van der Waals surface area contributed by atoms with Crippen LogP contribution in [0.15, 0.2) is 49.2 Å². The number of hydrogen-bond donors (Lipinski definition) is 1. The molecule has 1 atom stereocenters. The second-order valence-corrected chi connectivity index (χ2v) is 7.52. The molecule has 8 heteroatoms. The van der Waals surface area contributed by atoms with Gasteiger partial charge in [-0.2, -0.15) is 0 Å². The Balaban J connectivity index is 1.42. The summed E-state index contributed by atoms with van der Waals surface area (Å²) < 4.78 is 2.03. The van der Waals surface area contributed by atoms with Crippen molar-refractivity contribution in [3.63, 3.8) is 0 Å². The van der Waals surface area contributed by atoms with Gasteiger partial charge in [-0.05, 0) is 37.1 Å². The predicted octanol–water partition coefficient (Wildman–Crippen LogP) is 2.06. The van der Waals surface area contributed by atoms with Crippen LogP contribution in [0.4, 0.5) is 0 Å². The van der Waals surface area contributed by atoms with Crippen LogP contribution in [-0.2, 0) is 24.3 Å². The zero-order valence-electron chi connectivity index (χ0n) is 17.1. The summed E-state index contributed by atoms with van der Waals surface area (Å²) in [7, 11) is 0. The maximum Gasteiger partial charge on any atom is 0.256 e. The van der Waals surface area contributed by atoms with E-state index in [-0.39, 0.29) is 24.3 Å². The summed E-state index contributed by atoms with van der Waals surface area (Å²) in [5.41, 5.74) is 3.18. The second kappa shape index (κ2) is 8.44. The van der Waals surface area contributed by atoms with Crippen LogP contribution in [0.1, 0.15) is 46.0 Å². The van der Waals surface area contributed by atoms with Gasteiger partial charge in [-0.15, -0.1) is 0 Å². The van der Waals surface area contributed by atoms with Gasteiger partial charge >= 0.3 is 0 Å². The molecule has 3 aromatic rings. The molecule has 0 unspecified atom stereocenters. The molecule has 4 heterocycles. The normalized spacial score (nSPS) is 15.5. The zero-order chi connectivity index (χ0) is 21.1. The highest BCUT2D eigenvalue weighted by atomic mass is 16.2. The molecule has 1 N–H and O–H groups in total. The van der Waals surface area contributed by atoms with Gasteiger partial charge in [0.2, 0.25) is 5.91 Å². The Morgan fingerprint density at radius 2 is 2.07 bits per heavy atom. The number of hydrogen-bond acceptors (Lipinski definition) is 5. The topological polar surface area (TPSA) is 93.0 Å². The molecule has 3 aromatic heterocycles. The molecule has 0 radical (unpaired) electrons. The molecular formula is C22H24N6O2. The number of amides is 2. The monoisotopic (exact) mass is 404 g/mol. The summed E-state index contributed by atoms with van der Waals surface area (Å²) in [4.78, 5) is 39.9. The van der Waals surface area contributed by atoms with E-state index in [9.17, 15) is 9.59 Å². The Labute approximate surface area is 175 Å². The maximum atomic E-state index is 13.0. The predicted molar refractivity (Wildman–Crippen MR) is 110 cm³/mol. The summed E-state index contributed by atoms with van der Waals surface area (Å²) in [5.74, 6) is 0.648. The van der Waals surface area contributed by atoms with E-state index in [0.717, 1.165) is 17.0 Å². The van der Waals surface area contributed by atoms with Crippen molar-refractivity contribution < 1.29 is 9.59 Å². The molecule has 30 heavy (non-hydrogen) atoms. The summed E-state index contributed by atoms with van der Waals surface area (Å²) in [6.45, 7) is 5.55. The van der Waals surface area contributed by atoms with E-state index in [0.29, 0.717) is 30.9 Å². The summed E-state index contributed by atoms with van der Waals surface area (Å²) in [6, 6.07) is 5.42. The molecule has 154 valence electrons. The first-order valence-corrected chi connectivity index (χ1v) is 9.95. The number of aryl methyl sites for hydroxylation is 1. The van der Waals surface area contributed by atoms with Crippen molar-refractivity contribution in [2.24, 2.45) is 0 Å². The van der Waals surface area contributed by atoms with Gasteiger partial charge in [0.1, 0.15) is 5.82 Å². The second-order valence-electron chi connectivity index (χ2n) is 7.52. The van der Waals surface area contributed by atoms with Gasteiger partial charge in [0.05, 0.1) is 23.7 Å². The fraction of sp³-hybridized carbons (Fsp3) is 0.318. The lowest BCUT2D eigenvalue weighted by molar-refractivity contribution is -0.120. The number of nitrogens with one attached hydrogen (secondary N) is 1. The van der Waals surface area contributed by atoms with Gasteiger partial charge in [0.25, 0.3) is 5.91 Å². The lowest BCUT2D eigenvalue weighted by Crippen LogP contribution is -2.41. The zero-order valence-corrected chi connectivity index (χ0v) is 17.1. The van der Waals surface area contributed by atoms with Crippen LogP contribution in [0, 0.1) is 6.92 Å². The van der Waals surface area contributed by atoms with Gasteiger partial charge < -0.3 is 14.8 Å². The highest BCUT2D eigenvalue weighted by Gasteiger charge is 2.30. The summed E-state index contributed by atoms with van der Waals surface area (Å²) >= 11 is 0. The molecule has 0 bridgehead atoms. The van der Waals surface area contributed by atoms with Gasteiger partial charge in [0.15, 0.2) is 0 Å². The lowest BCUT2D eigenvalue weighted by atomic mass is 10.1. The van der Waals surface area contributed by atoms with Gasteiger partial charge in [-0.3, -0.25) is 19.6 Å². The highest BCUT2D eigenvalue weighted by molar-refractivity contribution is 5.94. The fourth-order valence-corrected chi connectivity index (χ4v) is 3.68. The minimum atomic E-state index is -0.182. The first kappa shape index (κ1) is 19.8. The van der Waals surface area contributed by atoms with E-state index in [1.54, 1.807) is 24.8 Å². The average molecular weight is 404 g/mol. The standard InChI is InChI=1S/C22H24N6O2/c1-15-8-18(13-24-10-15)22(30)28-7-6-27-14-19(26-21(27)16(28)2)9-20(29)25-12-17-4-3-5-23-11-17/h3-5,8,10-11,13-14,16H,6-7,9,12H2,1-2H3,(H,25,29)/t16-/m1/s1. The Bertz CT molecular complexity index is 1060. The van der Waals surface area contributed by atoms with Crippen molar-refractivity contribution in [3.05, 3.63) is 77.4 Å². The molecule has 0 saturated heterocycles.